The summed E-state index contributed by atoms with van der Waals surface area (Å²) in [6.07, 6.45) is 1.28. The molecular formula is C17H28N2S. The minimum Gasteiger partial charge on any atom is -0.309 e. The predicted octanol–water partition coefficient (Wildman–Crippen LogP) is 3.51. The normalized spacial score (nSPS) is 25.8. The van der Waals surface area contributed by atoms with Crippen molar-refractivity contribution in [1.82, 2.24) is 10.2 Å². The molecule has 0 heterocycles. The summed E-state index contributed by atoms with van der Waals surface area (Å²) in [4.78, 5) is 2.27. The average molecular weight is 292 g/mol. The number of thioether (sulfide) groups is 1. The zero-order valence-corrected chi connectivity index (χ0v) is 14.0. The number of fused-ring (bicyclic) bond motifs is 1. The summed E-state index contributed by atoms with van der Waals surface area (Å²) in [5, 5.41) is 4.41. The van der Waals surface area contributed by atoms with Gasteiger partial charge in [0, 0.05) is 23.6 Å². The number of hydrogen-bond donors (Lipinski definition) is 1. The van der Waals surface area contributed by atoms with Crippen LogP contribution in [0.4, 0.5) is 0 Å². The molecule has 0 spiro atoms. The molecule has 0 bridgehead atoms. The van der Waals surface area contributed by atoms with Gasteiger partial charge in [-0.05, 0) is 44.1 Å². The molecule has 112 valence electrons. The molecule has 0 aromatic heterocycles. The maximum absolute atomic E-state index is 3.71. The van der Waals surface area contributed by atoms with Gasteiger partial charge in [0.15, 0.2) is 0 Å². The fraction of sp³-hybridized carbons (Fsp3) is 0.647. The smallest absolute Gasteiger partial charge is 0.0443 e. The number of nitrogens with one attached hydrogen (secondary N) is 1. The van der Waals surface area contributed by atoms with Crippen molar-refractivity contribution in [3.8, 4) is 0 Å². The molecule has 0 fully saturated rings. The minimum absolute atomic E-state index is 0.513. The van der Waals surface area contributed by atoms with E-state index in [1.165, 1.54) is 17.7 Å². The van der Waals surface area contributed by atoms with E-state index in [9.17, 15) is 0 Å². The Bertz CT molecular complexity index is 419. The van der Waals surface area contributed by atoms with E-state index < -0.39 is 0 Å². The van der Waals surface area contributed by atoms with Gasteiger partial charge in [-0.1, -0.05) is 38.1 Å². The van der Waals surface area contributed by atoms with Crippen LogP contribution in [-0.4, -0.2) is 43.1 Å². The molecule has 3 unspecified atom stereocenters. The van der Waals surface area contributed by atoms with Gasteiger partial charge in [0.1, 0.15) is 0 Å². The number of nitrogens with zero attached hydrogens (tertiary/aromatic N) is 1. The summed E-state index contributed by atoms with van der Waals surface area (Å²) in [5.41, 5.74) is 3.07. The first-order valence-electron chi connectivity index (χ1n) is 7.72. The zero-order valence-electron chi connectivity index (χ0n) is 13.2. The summed E-state index contributed by atoms with van der Waals surface area (Å²) < 4.78 is 0. The van der Waals surface area contributed by atoms with Gasteiger partial charge in [-0.3, -0.25) is 0 Å². The van der Waals surface area contributed by atoms with Gasteiger partial charge in [-0.15, -0.1) is 0 Å². The standard InChI is InChI=1S/C17H28N2S/c1-5-18-17-15-9-7-6-8-14(15)13(2)12-16(17)20-11-10-19(3)4/h6-9,13,16-18H,5,10-12H2,1-4H3. The molecule has 0 saturated heterocycles. The third-order valence-corrected chi connectivity index (χ3v) is 5.43. The number of rotatable bonds is 6. The van der Waals surface area contributed by atoms with Crippen LogP contribution >= 0.6 is 11.8 Å². The summed E-state index contributed by atoms with van der Waals surface area (Å²) >= 11 is 2.14. The van der Waals surface area contributed by atoms with Crippen LogP contribution in [0, 0.1) is 0 Å². The van der Waals surface area contributed by atoms with E-state index in [1.54, 1.807) is 5.56 Å². The lowest BCUT2D eigenvalue weighted by molar-refractivity contribution is 0.432. The molecule has 1 aliphatic rings. The molecule has 0 amide bonds. The molecule has 0 radical (unpaired) electrons. The maximum atomic E-state index is 3.71. The predicted molar refractivity (Wildman–Crippen MR) is 90.7 cm³/mol. The van der Waals surface area contributed by atoms with Crippen LogP contribution in [0.3, 0.4) is 0 Å². The summed E-state index contributed by atoms with van der Waals surface area (Å²) in [6, 6.07) is 9.50. The second kappa shape index (κ2) is 7.48. The Morgan fingerprint density at radius 1 is 1.25 bits per heavy atom. The first kappa shape index (κ1) is 15.9. The van der Waals surface area contributed by atoms with E-state index in [4.69, 9.17) is 0 Å². The molecule has 3 atom stereocenters. The third-order valence-electron chi connectivity index (χ3n) is 4.11. The van der Waals surface area contributed by atoms with Crippen molar-refractivity contribution in [1.29, 1.82) is 0 Å². The van der Waals surface area contributed by atoms with E-state index in [1.807, 2.05) is 0 Å². The van der Waals surface area contributed by atoms with Crippen LogP contribution in [0.15, 0.2) is 24.3 Å². The van der Waals surface area contributed by atoms with E-state index in [2.05, 4.69) is 74.2 Å². The van der Waals surface area contributed by atoms with Gasteiger partial charge >= 0.3 is 0 Å². The Morgan fingerprint density at radius 2 is 1.95 bits per heavy atom. The summed E-state index contributed by atoms with van der Waals surface area (Å²) in [6.45, 7) is 6.79. The lowest BCUT2D eigenvalue weighted by Gasteiger charge is -2.37. The molecule has 20 heavy (non-hydrogen) atoms. The molecule has 0 aliphatic heterocycles. The lowest BCUT2D eigenvalue weighted by Crippen LogP contribution is -2.36. The van der Waals surface area contributed by atoms with Crippen molar-refractivity contribution in [3.63, 3.8) is 0 Å². The second-order valence-electron chi connectivity index (χ2n) is 6.01. The Kier molecular flexibility index (Phi) is 5.94. The van der Waals surface area contributed by atoms with Crippen molar-refractivity contribution < 1.29 is 0 Å². The van der Waals surface area contributed by atoms with Crippen LogP contribution in [0.1, 0.15) is 43.4 Å². The van der Waals surface area contributed by atoms with Crippen molar-refractivity contribution in [2.75, 3.05) is 32.9 Å². The monoisotopic (exact) mass is 292 g/mol. The molecule has 0 saturated carbocycles. The van der Waals surface area contributed by atoms with Gasteiger partial charge in [-0.25, -0.2) is 0 Å². The van der Waals surface area contributed by atoms with Crippen molar-refractivity contribution in [2.45, 2.75) is 37.5 Å². The molecule has 1 aromatic carbocycles. The molecule has 2 nitrogen and oxygen atoms in total. The highest BCUT2D eigenvalue weighted by atomic mass is 32.2. The van der Waals surface area contributed by atoms with Crippen LogP contribution in [0.2, 0.25) is 0 Å². The Balaban J connectivity index is 2.12. The van der Waals surface area contributed by atoms with Gasteiger partial charge in [0.2, 0.25) is 0 Å². The van der Waals surface area contributed by atoms with E-state index in [-0.39, 0.29) is 0 Å². The molecular weight excluding hydrogens is 264 g/mol. The SMILES string of the molecule is CCNC1c2ccccc2C(C)CC1SCCN(C)C. The first-order chi connectivity index (χ1) is 9.63. The quantitative estimate of drug-likeness (QED) is 0.864. The Morgan fingerprint density at radius 3 is 2.60 bits per heavy atom. The molecule has 1 aliphatic carbocycles. The largest absolute Gasteiger partial charge is 0.309 e. The second-order valence-corrected chi connectivity index (χ2v) is 7.36. The maximum Gasteiger partial charge on any atom is 0.0443 e. The fourth-order valence-corrected chi connectivity index (χ4v) is 4.70. The fourth-order valence-electron chi connectivity index (χ4n) is 3.07. The summed E-state index contributed by atoms with van der Waals surface area (Å²) in [5.74, 6) is 1.90. The third kappa shape index (κ3) is 3.78. The topological polar surface area (TPSA) is 15.3 Å². The highest BCUT2D eigenvalue weighted by molar-refractivity contribution is 7.99. The van der Waals surface area contributed by atoms with Gasteiger partial charge in [-0.2, -0.15) is 11.8 Å². The Labute approximate surface area is 128 Å². The van der Waals surface area contributed by atoms with E-state index in [0.29, 0.717) is 17.2 Å². The average Bonchev–Trinajstić information content (AvgIpc) is 2.42. The molecule has 1 N–H and O–H groups in total. The lowest BCUT2D eigenvalue weighted by atomic mass is 9.80. The van der Waals surface area contributed by atoms with E-state index >= 15 is 0 Å². The molecule has 3 heteroatoms. The van der Waals surface area contributed by atoms with Crippen LogP contribution < -0.4 is 5.32 Å². The van der Waals surface area contributed by atoms with Gasteiger partial charge in [0.05, 0.1) is 0 Å². The highest BCUT2D eigenvalue weighted by Crippen LogP contribution is 2.42. The first-order valence-corrected chi connectivity index (χ1v) is 8.77. The van der Waals surface area contributed by atoms with Gasteiger partial charge in [0.25, 0.3) is 0 Å². The Hall–Kier alpha value is -0.510. The van der Waals surface area contributed by atoms with E-state index in [0.717, 1.165) is 13.1 Å². The van der Waals surface area contributed by atoms with Crippen molar-refractivity contribution in [2.24, 2.45) is 0 Å². The number of benzene rings is 1. The van der Waals surface area contributed by atoms with Crippen LogP contribution in [-0.2, 0) is 0 Å². The number of hydrogen-bond acceptors (Lipinski definition) is 3. The van der Waals surface area contributed by atoms with Crippen molar-refractivity contribution in [3.05, 3.63) is 35.4 Å². The molecule has 1 aromatic rings. The summed E-state index contributed by atoms with van der Waals surface area (Å²) in [7, 11) is 4.31. The van der Waals surface area contributed by atoms with Crippen molar-refractivity contribution >= 4 is 11.8 Å². The van der Waals surface area contributed by atoms with Gasteiger partial charge < -0.3 is 10.2 Å². The van der Waals surface area contributed by atoms with Crippen LogP contribution in [0.25, 0.3) is 0 Å². The zero-order chi connectivity index (χ0) is 14.5. The van der Waals surface area contributed by atoms with Crippen LogP contribution in [0.5, 0.6) is 0 Å². The highest BCUT2D eigenvalue weighted by Gasteiger charge is 2.32. The molecule has 2 rings (SSSR count). The minimum atomic E-state index is 0.513.